The number of aromatic amines is 1. The van der Waals surface area contributed by atoms with Crippen LogP contribution in [0.1, 0.15) is 34.2 Å². The standard InChI is InChI=1S/C28H28N2O5/c1-15-14-34-26-17(3)27-22(12-21(15)26)16(2)20(28(32)35-27)6-8-25(31)29-10-9-18-13-30-24-7-5-19(33-4)11-23(18)24/h5,7,11-14,30H,6,8-10H2,1-4H3,(H,29,31). The number of H-pyrrole nitrogens is 1. The first-order valence-electron chi connectivity index (χ1n) is 11.7. The molecule has 5 rings (SSSR count). The number of carbonyl (C=O) groups excluding carboxylic acids is 1. The van der Waals surface area contributed by atoms with Crippen molar-refractivity contribution in [2.75, 3.05) is 13.7 Å². The van der Waals surface area contributed by atoms with Crippen LogP contribution in [0, 0.1) is 20.8 Å². The smallest absolute Gasteiger partial charge is 0.339 e. The van der Waals surface area contributed by atoms with Crippen molar-refractivity contribution < 1.29 is 18.4 Å². The summed E-state index contributed by atoms with van der Waals surface area (Å²) >= 11 is 0. The van der Waals surface area contributed by atoms with E-state index in [0.717, 1.165) is 55.3 Å². The predicted molar refractivity (Wildman–Crippen MR) is 136 cm³/mol. The number of carbonyl (C=O) groups is 1. The second-order valence-corrected chi connectivity index (χ2v) is 8.99. The van der Waals surface area contributed by atoms with E-state index in [1.807, 2.05) is 51.2 Å². The molecule has 0 bridgehead atoms. The third-order valence-electron chi connectivity index (χ3n) is 6.83. The highest BCUT2D eigenvalue weighted by molar-refractivity contribution is 5.99. The fourth-order valence-corrected chi connectivity index (χ4v) is 4.76. The minimum Gasteiger partial charge on any atom is -0.497 e. The molecule has 3 heterocycles. The molecule has 0 spiro atoms. The zero-order valence-electron chi connectivity index (χ0n) is 20.3. The Hall–Kier alpha value is -4.00. The number of furan rings is 1. The van der Waals surface area contributed by atoms with Gasteiger partial charge in [-0.1, -0.05) is 0 Å². The van der Waals surface area contributed by atoms with E-state index in [2.05, 4.69) is 10.3 Å². The van der Waals surface area contributed by atoms with E-state index < -0.39 is 5.63 Å². The number of amides is 1. The van der Waals surface area contributed by atoms with E-state index in [0.29, 0.717) is 30.5 Å². The summed E-state index contributed by atoms with van der Waals surface area (Å²) in [6, 6.07) is 7.89. The molecule has 3 aromatic heterocycles. The fourth-order valence-electron chi connectivity index (χ4n) is 4.76. The molecule has 0 saturated carbocycles. The van der Waals surface area contributed by atoms with Crippen LogP contribution < -0.4 is 15.7 Å². The van der Waals surface area contributed by atoms with Crippen molar-refractivity contribution in [3.8, 4) is 5.75 Å². The van der Waals surface area contributed by atoms with E-state index in [1.54, 1.807) is 13.4 Å². The Labute approximate surface area is 202 Å². The largest absolute Gasteiger partial charge is 0.497 e. The van der Waals surface area contributed by atoms with Gasteiger partial charge in [0.15, 0.2) is 0 Å². The Bertz CT molecular complexity index is 1640. The molecule has 35 heavy (non-hydrogen) atoms. The Morgan fingerprint density at radius 1 is 1.03 bits per heavy atom. The SMILES string of the molecule is COc1ccc2[nH]cc(CCNC(=O)CCc3c(C)c4cc5c(C)coc5c(C)c4oc3=O)c2c1. The number of ether oxygens (including phenoxy) is 1. The number of aromatic nitrogens is 1. The molecule has 0 aliphatic heterocycles. The zero-order valence-corrected chi connectivity index (χ0v) is 20.3. The van der Waals surface area contributed by atoms with Crippen LogP contribution in [0.5, 0.6) is 5.75 Å². The first-order valence-corrected chi connectivity index (χ1v) is 11.7. The van der Waals surface area contributed by atoms with Crippen LogP contribution in [0.2, 0.25) is 0 Å². The predicted octanol–water partition coefficient (Wildman–Crippen LogP) is 5.25. The second kappa shape index (κ2) is 8.98. The summed E-state index contributed by atoms with van der Waals surface area (Å²) in [6.45, 7) is 6.31. The normalized spacial score (nSPS) is 11.5. The average Bonchev–Trinajstić information content (AvgIpc) is 3.43. The molecule has 0 aliphatic rings. The zero-order chi connectivity index (χ0) is 24.7. The summed E-state index contributed by atoms with van der Waals surface area (Å²) in [7, 11) is 1.64. The summed E-state index contributed by atoms with van der Waals surface area (Å²) in [5.41, 5.74) is 6.25. The molecular formula is C28H28N2O5. The number of fused-ring (bicyclic) bond motifs is 3. The molecule has 2 N–H and O–H groups in total. The molecule has 0 fully saturated rings. The molecule has 0 saturated heterocycles. The van der Waals surface area contributed by atoms with Crippen LogP contribution in [0.3, 0.4) is 0 Å². The van der Waals surface area contributed by atoms with Gasteiger partial charge in [0, 0.05) is 52.0 Å². The van der Waals surface area contributed by atoms with Crippen LogP contribution in [-0.4, -0.2) is 24.5 Å². The summed E-state index contributed by atoms with van der Waals surface area (Å²) in [4.78, 5) is 28.6. The Balaban J connectivity index is 1.28. The molecular weight excluding hydrogens is 444 g/mol. The minimum atomic E-state index is -0.402. The van der Waals surface area contributed by atoms with E-state index in [9.17, 15) is 9.59 Å². The molecule has 7 heteroatoms. The number of benzene rings is 2. The lowest BCUT2D eigenvalue weighted by Crippen LogP contribution is -2.26. The maximum atomic E-state index is 12.8. The average molecular weight is 473 g/mol. The number of hydrogen-bond acceptors (Lipinski definition) is 5. The van der Waals surface area contributed by atoms with Gasteiger partial charge in [0.2, 0.25) is 5.91 Å². The van der Waals surface area contributed by atoms with Crippen LogP contribution in [-0.2, 0) is 17.6 Å². The molecule has 0 aliphatic carbocycles. The number of nitrogens with one attached hydrogen (secondary N) is 2. The minimum absolute atomic E-state index is 0.0985. The summed E-state index contributed by atoms with van der Waals surface area (Å²) in [5, 5.41) is 5.94. The second-order valence-electron chi connectivity index (χ2n) is 8.99. The lowest BCUT2D eigenvalue weighted by Gasteiger charge is -2.10. The van der Waals surface area contributed by atoms with Gasteiger partial charge in [0.05, 0.1) is 13.4 Å². The molecule has 0 atom stereocenters. The highest BCUT2D eigenvalue weighted by Crippen LogP contribution is 2.32. The highest BCUT2D eigenvalue weighted by Gasteiger charge is 2.18. The van der Waals surface area contributed by atoms with Crippen LogP contribution >= 0.6 is 0 Å². The van der Waals surface area contributed by atoms with Gasteiger partial charge in [-0.25, -0.2) is 4.79 Å². The Kier molecular flexibility index (Phi) is 5.84. The van der Waals surface area contributed by atoms with Crippen molar-refractivity contribution in [3.63, 3.8) is 0 Å². The lowest BCUT2D eigenvalue weighted by atomic mass is 9.98. The number of aryl methyl sites for hydroxylation is 3. The van der Waals surface area contributed by atoms with Gasteiger partial charge in [0.25, 0.3) is 0 Å². The van der Waals surface area contributed by atoms with E-state index in [-0.39, 0.29) is 12.3 Å². The van der Waals surface area contributed by atoms with Crippen LogP contribution in [0.4, 0.5) is 0 Å². The van der Waals surface area contributed by atoms with Gasteiger partial charge in [-0.15, -0.1) is 0 Å². The maximum Gasteiger partial charge on any atom is 0.339 e. The number of methoxy groups -OCH3 is 1. The number of rotatable bonds is 7. The monoisotopic (exact) mass is 472 g/mol. The van der Waals surface area contributed by atoms with Crippen molar-refractivity contribution in [2.24, 2.45) is 0 Å². The topological polar surface area (TPSA) is 97.5 Å². The third-order valence-corrected chi connectivity index (χ3v) is 6.83. The fraction of sp³-hybridized carbons (Fsp3) is 0.286. The van der Waals surface area contributed by atoms with Crippen molar-refractivity contribution in [1.29, 1.82) is 0 Å². The summed E-state index contributed by atoms with van der Waals surface area (Å²) in [6.07, 6.45) is 4.89. The third kappa shape index (κ3) is 4.07. The van der Waals surface area contributed by atoms with E-state index >= 15 is 0 Å². The number of hydrogen-bond donors (Lipinski definition) is 2. The molecule has 1 amide bonds. The molecule has 7 nitrogen and oxygen atoms in total. The quantitative estimate of drug-likeness (QED) is 0.316. The van der Waals surface area contributed by atoms with Gasteiger partial charge < -0.3 is 23.9 Å². The summed E-state index contributed by atoms with van der Waals surface area (Å²) in [5.74, 6) is 0.699. The van der Waals surface area contributed by atoms with Crippen molar-refractivity contribution in [3.05, 3.63) is 75.0 Å². The van der Waals surface area contributed by atoms with Crippen LogP contribution in [0.15, 0.2) is 50.4 Å². The molecule has 5 aromatic rings. The lowest BCUT2D eigenvalue weighted by molar-refractivity contribution is -0.121. The van der Waals surface area contributed by atoms with Gasteiger partial charge in [-0.05, 0) is 74.6 Å². The first kappa shape index (κ1) is 22.8. The molecule has 2 aromatic carbocycles. The van der Waals surface area contributed by atoms with Crippen molar-refractivity contribution in [2.45, 2.75) is 40.0 Å². The van der Waals surface area contributed by atoms with Crippen LogP contribution in [0.25, 0.3) is 32.8 Å². The van der Waals surface area contributed by atoms with Gasteiger partial charge in [0.1, 0.15) is 16.9 Å². The van der Waals surface area contributed by atoms with Gasteiger partial charge in [-0.3, -0.25) is 4.79 Å². The molecule has 0 unspecified atom stereocenters. The summed E-state index contributed by atoms with van der Waals surface area (Å²) < 4.78 is 16.7. The van der Waals surface area contributed by atoms with Gasteiger partial charge in [-0.2, -0.15) is 0 Å². The first-order chi connectivity index (χ1) is 16.9. The molecule has 0 radical (unpaired) electrons. The Morgan fingerprint density at radius 2 is 1.86 bits per heavy atom. The van der Waals surface area contributed by atoms with Crippen molar-refractivity contribution >= 4 is 38.7 Å². The van der Waals surface area contributed by atoms with Gasteiger partial charge >= 0.3 is 5.63 Å². The maximum absolute atomic E-state index is 12.8. The Morgan fingerprint density at radius 3 is 2.66 bits per heavy atom. The van der Waals surface area contributed by atoms with E-state index in [1.165, 1.54) is 0 Å². The molecule has 180 valence electrons. The van der Waals surface area contributed by atoms with Crippen molar-refractivity contribution in [1.82, 2.24) is 10.3 Å². The highest BCUT2D eigenvalue weighted by atomic mass is 16.5. The van der Waals surface area contributed by atoms with E-state index in [4.69, 9.17) is 13.6 Å².